The van der Waals surface area contributed by atoms with E-state index in [1.54, 1.807) is 47.5 Å². The lowest BCUT2D eigenvalue weighted by atomic mass is 9.99. The van der Waals surface area contributed by atoms with E-state index in [1.807, 2.05) is 37.3 Å². The Kier molecular flexibility index (Phi) is 9.06. The Hall–Kier alpha value is -3.25. The van der Waals surface area contributed by atoms with E-state index in [0.29, 0.717) is 5.69 Å². The quantitative estimate of drug-likeness (QED) is 0.406. The number of carbonyl (C=O) groups is 2. The molecule has 208 valence electrons. The first-order chi connectivity index (χ1) is 18.6. The number of carbonyl (C=O) groups excluding carboxylic acids is 2. The number of thiophene rings is 1. The first-order valence-electron chi connectivity index (χ1n) is 12.7. The van der Waals surface area contributed by atoms with Crippen molar-refractivity contribution in [2.24, 2.45) is 5.92 Å². The van der Waals surface area contributed by atoms with Crippen molar-refractivity contribution in [2.75, 3.05) is 32.1 Å². The molecule has 2 aromatic carbocycles. The van der Waals surface area contributed by atoms with Crippen molar-refractivity contribution < 1.29 is 27.9 Å². The van der Waals surface area contributed by atoms with Crippen LogP contribution < -0.4 is 10.1 Å². The summed E-state index contributed by atoms with van der Waals surface area (Å²) in [5.74, 6) is -0.527. The summed E-state index contributed by atoms with van der Waals surface area (Å²) in [6.45, 7) is 3.72. The molecule has 2 N–H and O–H groups in total. The average Bonchev–Trinajstić information content (AvgIpc) is 3.47. The Balaban J connectivity index is 1.61. The summed E-state index contributed by atoms with van der Waals surface area (Å²) in [6, 6.07) is 16.9. The van der Waals surface area contributed by atoms with Crippen LogP contribution in [0.25, 0.3) is 0 Å². The maximum atomic E-state index is 13.6. The monoisotopic (exact) mass is 571 g/mol. The van der Waals surface area contributed by atoms with E-state index in [2.05, 4.69) is 5.32 Å². The fraction of sp³-hybridized carbons (Fsp3) is 0.357. The van der Waals surface area contributed by atoms with Gasteiger partial charge in [-0.3, -0.25) is 9.59 Å². The third-order valence-electron chi connectivity index (χ3n) is 6.75. The van der Waals surface area contributed by atoms with E-state index >= 15 is 0 Å². The second-order valence-corrected chi connectivity index (χ2v) is 13.0. The van der Waals surface area contributed by atoms with Crippen LogP contribution in [0, 0.1) is 5.92 Å². The lowest BCUT2D eigenvalue weighted by Crippen LogP contribution is -2.50. The van der Waals surface area contributed by atoms with Crippen molar-refractivity contribution >= 4 is 38.9 Å². The molecule has 0 radical (unpaired) electrons. The molecule has 11 heteroatoms. The summed E-state index contributed by atoms with van der Waals surface area (Å²) in [5, 5.41) is 14.4. The molecule has 0 saturated carbocycles. The number of aliphatic hydroxyl groups excluding tert-OH is 1. The number of likely N-dealkylation sites (N-methyl/N-ethyl adjacent to an activating group) is 1. The number of amides is 2. The highest BCUT2D eigenvalue weighted by Gasteiger charge is 2.35. The van der Waals surface area contributed by atoms with E-state index in [-0.39, 0.29) is 59.4 Å². The fourth-order valence-corrected chi connectivity index (χ4v) is 6.80. The first-order valence-corrected chi connectivity index (χ1v) is 15.0. The number of hydrogen-bond acceptors (Lipinski definition) is 7. The Bertz CT molecular complexity index is 1400. The Labute approximate surface area is 233 Å². The molecule has 0 spiro atoms. The molecule has 0 aliphatic carbocycles. The van der Waals surface area contributed by atoms with Gasteiger partial charge >= 0.3 is 0 Å². The minimum absolute atomic E-state index is 0.0614. The Morgan fingerprint density at radius 1 is 1.21 bits per heavy atom. The minimum atomic E-state index is -3.70. The number of benzene rings is 2. The first kappa shape index (κ1) is 28.8. The smallest absolute Gasteiger partial charge is 0.258 e. The third kappa shape index (κ3) is 6.67. The number of sulfonamides is 1. The molecule has 9 nitrogen and oxygen atoms in total. The van der Waals surface area contributed by atoms with E-state index < -0.39 is 22.2 Å². The van der Waals surface area contributed by atoms with Gasteiger partial charge in [-0.15, -0.1) is 11.3 Å². The van der Waals surface area contributed by atoms with Crippen LogP contribution >= 0.6 is 11.3 Å². The number of aliphatic hydroxyl groups is 1. The van der Waals surface area contributed by atoms with Crippen molar-refractivity contribution in [2.45, 2.75) is 36.6 Å². The van der Waals surface area contributed by atoms with Gasteiger partial charge in [-0.25, -0.2) is 8.42 Å². The molecule has 0 unspecified atom stereocenters. The van der Waals surface area contributed by atoms with E-state index in [0.717, 1.165) is 16.9 Å². The zero-order chi connectivity index (χ0) is 28.2. The van der Waals surface area contributed by atoms with Crippen LogP contribution in [0.15, 0.2) is 70.3 Å². The average molecular weight is 572 g/mol. The van der Waals surface area contributed by atoms with Crippen LogP contribution in [0.5, 0.6) is 5.75 Å². The Morgan fingerprint density at radius 2 is 1.95 bits per heavy atom. The zero-order valence-electron chi connectivity index (χ0n) is 22.1. The number of anilines is 1. The van der Waals surface area contributed by atoms with E-state index in [9.17, 15) is 23.1 Å². The summed E-state index contributed by atoms with van der Waals surface area (Å²) in [5.41, 5.74) is 1.53. The van der Waals surface area contributed by atoms with Crippen LogP contribution in [-0.4, -0.2) is 73.4 Å². The molecule has 2 heterocycles. The van der Waals surface area contributed by atoms with Gasteiger partial charge in [-0.05, 0) is 42.1 Å². The summed E-state index contributed by atoms with van der Waals surface area (Å²) in [6.07, 6.45) is -0.399. The van der Waals surface area contributed by atoms with E-state index in [1.165, 1.54) is 11.4 Å². The number of fused-ring (bicyclic) bond motifs is 1. The molecule has 3 aromatic rings. The van der Waals surface area contributed by atoms with Gasteiger partial charge in [0.15, 0.2) is 0 Å². The third-order valence-corrected chi connectivity index (χ3v) is 9.95. The lowest BCUT2D eigenvalue weighted by molar-refractivity contribution is -0.115. The molecule has 1 aliphatic rings. The van der Waals surface area contributed by atoms with Gasteiger partial charge in [0.1, 0.15) is 16.1 Å². The maximum absolute atomic E-state index is 13.6. The maximum Gasteiger partial charge on any atom is 0.258 e. The second-order valence-electron chi connectivity index (χ2n) is 9.76. The number of hydrogen-bond donors (Lipinski definition) is 2. The van der Waals surface area contributed by atoms with Gasteiger partial charge in [0, 0.05) is 25.2 Å². The van der Waals surface area contributed by atoms with Crippen LogP contribution in [0.1, 0.15) is 29.8 Å². The summed E-state index contributed by atoms with van der Waals surface area (Å²) >= 11 is 1.15. The van der Waals surface area contributed by atoms with Crippen LogP contribution in [0.3, 0.4) is 0 Å². The van der Waals surface area contributed by atoms with Crippen LogP contribution in [0.4, 0.5) is 5.69 Å². The summed E-state index contributed by atoms with van der Waals surface area (Å²) in [7, 11) is -2.20. The molecular formula is C28H33N3O6S2. The Morgan fingerprint density at radius 3 is 2.62 bits per heavy atom. The molecule has 3 atom stereocenters. The number of nitrogens with zero attached hydrogens (tertiary/aromatic N) is 2. The molecule has 2 amide bonds. The molecule has 0 fully saturated rings. The van der Waals surface area contributed by atoms with Crippen molar-refractivity contribution in [3.05, 3.63) is 77.2 Å². The zero-order valence-corrected chi connectivity index (χ0v) is 23.7. The highest BCUT2D eigenvalue weighted by atomic mass is 32.2. The summed E-state index contributed by atoms with van der Waals surface area (Å²) in [4.78, 5) is 27.8. The predicted molar refractivity (Wildman–Crippen MR) is 151 cm³/mol. The van der Waals surface area contributed by atoms with Crippen molar-refractivity contribution in [3.8, 4) is 5.75 Å². The highest BCUT2D eigenvalue weighted by molar-refractivity contribution is 7.91. The molecule has 0 bridgehead atoms. The van der Waals surface area contributed by atoms with Crippen LogP contribution in [-0.2, 0) is 21.2 Å². The minimum Gasteiger partial charge on any atom is -0.488 e. The standard InChI is InChI=1S/C28H33N3O6S2/c1-19-16-31(20(2)18-32)28(34)23-15-22(29-26(33)14-21-8-5-4-6-9-21)11-12-24(23)37-25(19)17-30(3)39(35,36)27-10-7-13-38-27/h4-13,15,19-20,25,32H,14,16-18H2,1-3H3,(H,29,33)/t19-,20+,25-/m1/s1. The van der Waals surface area contributed by atoms with Crippen LogP contribution in [0.2, 0.25) is 0 Å². The molecule has 4 rings (SSSR count). The van der Waals surface area contributed by atoms with Crippen molar-refractivity contribution in [1.29, 1.82) is 0 Å². The number of ether oxygens (including phenoxy) is 1. The van der Waals surface area contributed by atoms with E-state index in [4.69, 9.17) is 4.74 Å². The molecule has 0 saturated heterocycles. The van der Waals surface area contributed by atoms with Gasteiger partial charge in [0.25, 0.3) is 15.9 Å². The van der Waals surface area contributed by atoms with Gasteiger partial charge in [0.05, 0.1) is 31.2 Å². The molecule has 1 aliphatic heterocycles. The van der Waals surface area contributed by atoms with Crippen molar-refractivity contribution in [3.63, 3.8) is 0 Å². The summed E-state index contributed by atoms with van der Waals surface area (Å²) < 4.78 is 33.9. The number of nitrogens with one attached hydrogen (secondary N) is 1. The molecule has 1 aromatic heterocycles. The van der Waals surface area contributed by atoms with Crippen molar-refractivity contribution in [1.82, 2.24) is 9.21 Å². The molecular weight excluding hydrogens is 538 g/mol. The van der Waals surface area contributed by atoms with Gasteiger partial charge < -0.3 is 20.1 Å². The second kappa shape index (κ2) is 12.3. The lowest BCUT2D eigenvalue weighted by Gasteiger charge is -2.38. The fourth-order valence-electron chi connectivity index (χ4n) is 4.42. The normalized spacial score (nSPS) is 18.6. The van der Waals surface area contributed by atoms with Gasteiger partial charge in [-0.2, -0.15) is 4.31 Å². The predicted octanol–water partition coefficient (Wildman–Crippen LogP) is 3.47. The SMILES string of the molecule is C[C@@H]1CN([C@@H](C)CO)C(=O)c2cc(NC(=O)Cc3ccccc3)ccc2O[C@@H]1CN(C)S(=O)(=O)c1cccs1. The largest absolute Gasteiger partial charge is 0.488 e. The highest BCUT2D eigenvalue weighted by Crippen LogP contribution is 2.31. The number of rotatable bonds is 9. The molecule has 39 heavy (non-hydrogen) atoms. The topological polar surface area (TPSA) is 116 Å². The van der Waals surface area contributed by atoms with Gasteiger partial charge in [0.2, 0.25) is 5.91 Å². The van der Waals surface area contributed by atoms with Gasteiger partial charge in [-0.1, -0.05) is 43.3 Å².